The average Bonchev–Trinajstić information content (AvgIpc) is 2.97. The lowest BCUT2D eigenvalue weighted by Gasteiger charge is -2.03. The molecule has 2 heteroatoms. The molecule has 0 nitrogen and oxygen atoms in total. The number of thiophene rings is 2. The fourth-order valence-corrected chi connectivity index (χ4v) is 4.27. The second-order valence-corrected chi connectivity index (χ2v) is 5.52. The third kappa shape index (κ3) is 0.912. The van der Waals surface area contributed by atoms with Crippen LogP contribution in [0.5, 0.6) is 0 Å². The molecule has 0 saturated heterocycles. The van der Waals surface area contributed by atoms with Gasteiger partial charge in [0.2, 0.25) is 0 Å². The van der Waals surface area contributed by atoms with Crippen molar-refractivity contribution in [2.45, 2.75) is 6.42 Å². The van der Waals surface area contributed by atoms with Crippen LogP contribution in [-0.2, 0) is 6.42 Å². The van der Waals surface area contributed by atoms with Crippen LogP contribution in [0.3, 0.4) is 0 Å². The van der Waals surface area contributed by atoms with E-state index >= 15 is 0 Å². The summed E-state index contributed by atoms with van der Waals surface area (Å²) in [6, 6.07) is 2.26. The molecule has 3 aromatic rings. The van der Waals surface area contributed by atoms with Gasteiger partial charge in [0.1, 0.15) is 0 Å². The molecule has 15 heavy (non-hydrogen) atoms. The molecule has 0 N–H and O–H groups in total. The first-order chi connectivity index (χ1) is 7.45. The minimum atomic E-state index is 1.11. The van der Waals surface area contributed by atoms with E-state index in [1.165, 1.54) is 32.0 Å². The van der Waals surface area contributed by atoms with Crippen LogP contribution in [0.15, 0.2) is 28.3 Å². The van der Waals surface area contributed by atoms with E-state index in [-0.39, 0.29) is 0 Å². The van der Waals surface area contributed by atoms with Crippen molar-refractivity contribution < 1.29 is 0 Å². The molecule has 1 aliphatic rings. The summed E-state index contributed by atoms with van der Waals surface area (Å²) >= 11 is 3.68. The molecule has 2 aromatic heterocycles. The number of fused-ring (bicyclic) bond motifs is 6. The molecule has 1 aliphatic carbocycles. The molecule has 0 amide bonds. The normalized spacial score (nSPS) is 14.1. The third-order valence-electron chi connectivity index (χ3n) is 3.11. The maximum absolute atomic E-state index is 2.28. The van der Waals surface area contributed by atoms with Gasteiger partial charge in [0.15, 0.2) is 0 Å². The minimum absolute atomic E-state index is 1.11. The van der Waals surface area contributed by atoms with E-state index in [4.69, 9.17) is 0 Å². The Morgan fingerprint density at radius 3 is 3.00 bits per heavy atom. The first-order valence-corrected chi connectivity index (χ1v) is 6.82. The standard InChI is InChI=1S/C13H8S2/c1-2-8-9(3-1)13-10(4-5-15-13)12-7-14-6-11(8)12/h1-2,4-7H,3H2. The van der Waals surface area contributed by atoms with Gasteiger partial charge in [-0.2, -0.15) is 11.3 Å². The third-order valence-corrected chi connectivity index (χ3v) is 4.83. The van der Waals surface area contributed by atoms with Crippen molar-refractivity contribution in [1.82, 2.24) is 0 Å². The van der Waals surface area contributed by atoms with E-state index in [9.17, 15) is 0 Å². The smallest absolute Gasteiger partial charge is 0.0390 e. The Bertz CT molecular complexity index is 698. The monoisotopic (exact) mass is 228 g/mol. The van der Waals surface area contributed by atoms with E-state index in [0.29, 0.717) is 0 Å². The first kappa shape index (κ1) is 8.08. The molecule has 72 valence electrons. The predicted octanol–water partition coefficient (Wildman–Crippen LogP) is 4.69. The van der Waals surface area contributed by atoms with Gasteiger partial charge in [-0.1, -0.05) is 12.2 Å². The van der Waals surface area contributed by atoms with E-state index in [0.717, 1.165) is 6.42 Å². The molecule has 0 fully saturated rings. The number of benzene rings is 1. The number of hydrogen-bond acceptors (Lipinski definition) is 2. The highest BCUT2D eigenvalue weighted by Crippen LogP contribution is 2.40. The van der Waals surface area contributed by atoms with Crippen LogP contribution in [0.4, 0.5) is 0 Å². The maximum Gasteiger partial charge on any atom is 0.0390 e. The van der Waals surface area contributed by atoms with E-state index in [1.807, 2.05) is 22.7 Å². The highest BCUT2D eigenvalue weighted by molar-refractivity contribution is 7.17. The van der Waals surface area contributed by atoms with Crippen molar-refractivity contribution in [2.75, 3.05) is 0 Å². The molecule has 2 heterocycles. The Hall–Kier alpha value is -1.12. The van der Waals surface area contributed by atoms with Crippen LogP contribution in [0.1, 0.15) is 11.1 Å². The Morgan fingerprint density at radius 1 is 1.07 bits per heavy atom. The van der Waals surface area contributed by atoms with Crippen molar-refractivity contribution >= 4 is 49.6 Å². The molecule has 0 spiro atoms. The van der Waals surface area contributed by atoms with Crippen LogP contribution < -0.4 is 0 Å². The molecule has 1 aromatic carbocycles. The van der Waals surface area contributed by atoms with Crippen molar-refractivity contribution in [3.05, 3.63) is 39.4 Å². The summed E-state index contributed by atoms with van der Waals surface area (Å²) in [6.07, 6.45) is 5.67. The van der Waals surface area contributed by atoms with Gasteiger partial charge in [0.05, 0.1) is 0 Å². The van der Waals surface area contributed by atoms with Gasteiger partial charge in [-0.25, -0.2) is 0 Å². The van der Waals surface area contributed by atoms with Gasteiger partial charge < -0.3 is 0 Å². The van der Waals surface area contributed by atoms with Crippen molar-refractivity contribution in [3.63, 3.8) is 0 Å². The summed E-state index contributed by atoms with van der Waals surface area (Å²) in [5.74, 6) is 0. The van der Waals surface area contributed by atoms with Gasteiger partial charge >= 0.3 is 0 Å². The lowest BCUT2D eigenvalue weighted by atomic mass is 10.0. The summed E-state index contributed by atoms with van der Waals surface area (Å²) in [6.45, 7) is 0. The van der Waals surface area contributed by atoms with Crippen molar-refractivity contribution in [3.8, 4) is 0 Å². The second kappa shape index (κ2) is 2.71. The van der Waals surface area contributed by atoms with E-state index in [2.05, 4.69) is 34.4 Å². The average molecular weight is 228 g/mol. The molecular weight excluding hydrogens is 220 g/mol. The Morgan fingerprint density at radius 2 is 2.00 bits per heavy atom. The predicted molar refractivity (Wildman–Crippen MR) is 69.9 cm³/mol. The van der Waals surface area contributed by atoms with Crippen molar-refractivity contribution in [1.29, 1.82) is 0 Å². The first-order valence-electron chi connectivity index (χ1n) is 4.99. The topological polar surface area (TPSA) is 0 Å². The zero-order valence-electron chi connectivity index (χ0n) is 7.99. The largest absolute Gasteiger partial charge is 0.151 e. The quantitative estimate of drug-likeness (QED) is 0.524. The van der Waals surface area contributed by atoms with E-state index < -0.39 is 0 Å². The Balaban J connectivity index is 2.41. The zero-order valence-corrected chi connectivity index (χ0v) is 9.62. The summed E-state index contributed by atoms with van der Waals surface area (Å²) in [5.41, 5.74) is 2.99. The fourth-order valence-electron chi connectivity index (χ4n) is 2.44. The Kier molecular flexibility index (Phi) is 1.46. The van der Waals surface area contributed by atoms with Crippen molar-refractivity contribution in [2.24, 2.45) is 0 Å². The van der Waals surface area contributed by atoms with Crippen LogP contribution in [0.2, 0.25) is 0 Å². The molecule has 0 aliphatic heterocycles. The van der Waals surface area contributed by atoms with Crippen LogP contribution in [-0.4, -0.2) is 0 Å². The summed E-state index contributed by atoms with van der Waals surface area (Å²) in [4.78, 5) is 0. The van der Waals surface area contributed by atoms with Crippen LogP contribution in [0.25, 0.3) is 26.9 Å². The fraction of sp³-hybridized carbons (Fsp3) is 0.0769. The van der Waals surface area contributed by atoms with Gasteiger partial charge in [-0.3, -0.25) is 0 Å². The van der Waals surface area contributed by atoms with Gasteiger partial charge in [-0.05, 0) is 39.8 Å². The van der Waals surface area contributed by atoms with Gasteiger partial charge in [0.25, 0.3) is 0 Å². The molecule has 0 bridgehead atoms. The lowest BCUT2D eigenvalue weighted by Crippen LogP contribution is -1.82. The Labute approximate surface area is 95.5 Å². The minimum Gasteiger partial charge on any atom is -0.151 e. The molecule has 0 unspecified atom stereocenters. The van der Waals surface area contributed by atoms with E-state index in [1.54, 1.807) is 0 Å². The molecule has 0 atom stereocenters. The lowest BCUT2D eigenvalue weighted by molar-refractivity contribution is 1.36. The molecule has 4 rings (SSSR count). The number of allylic oxidation sites excluding steroid dienone is 1. The molecule has 0 saturated carbocycles. The second-order valence-electron chi connectivity index (χ2n) is 3.86. The van der Waals surface area contributed by atoms with Gasteiger partial charge in [0, 0.05) is 20.9 Å². The summed E-state index contributed by atoms with van der Waals surface area (Å²) in [7, 11) is 0. The van der Waals surface area contributed by atoms with Gasteiger partial charge in [-0.15, -0.1) is 11.3 Å². The van der Waals surface area contributed by atoms with Crippen LogP contribution >= 0.6 is 22.7 Å². The summed E-state index contributed by atoms with van der Waals surface area (Å²) in [5, 5.41) is 11.1. The molecule has 0 radical (unpaired) electrons. The summed E-state index contributed by atoms with van der Waals surface area (Å²) < 4.78 is 1.49. The number of hydrogen-bond donors (Lipinski definition) is 0. The zero-order chi connectivity index (χ0) is 9.83. The SMILES string of the molecule is C1=Cc2c(c3sccc3c3cscc23)C1. The maximum atomic E-state index is 2.28. The van der Waals surface area contributed by atoms with Crippen LogP contribution in [0, 0.1) is 0 Å². The molecular formula is C13H8S2. The highest BCUT2D eigenvalue weighted by atomic mass is 32.1. The number of rotatable bonds is 0. The highest BCUT2D eigenvalue weighted by Gasteiger charge is 2.16.